The van der Waals surface area contributed by atoms with Crippen LogP contribution in [0.25, 0.3) is 6.08 Å². The standard InChI is InChI=1S/C11H12N2O4/c1-16-9(14)5-3-4-8-6-12-10(13-7-8)11(15)17-2/h3-4,6-7H,5H2,1-2H3. The van der Waals surface area contributed by atoms with Crippen LogP contribution in [-0.4, -0.2) is 36.1 Å². The largest absolute Gasteiger partial charge is 0.469 e. The van der Waals surface area contributed by atoms with Crippen LogP contribution in [0.2, 0.25) is 0 Å². The van der Waals surface area contributed by atoms with Gasteiger partial charge in [-0.05, 0) is 0 Å². The van der Waals surface area contributed by atoms with Gasteiger partial charge in [0.15, 0.2) is 0 Å². The van der Waals surface area contributed by atoms with Gasteiger partial charge in [-0.25, -0.2) is 14.8 Å². The number of methoxy groups -OCH3 is 2. The fourth-order valence-corrected chi connectivity index (χ4v) is 0.995. The molecule has 0 saturated heterocycles. The van der Waals surface area contributed by atoms with Crippen molar-refractivity contribution in [2.45, 2.75) is 6.42 Å². The zero-order chi connectivity index (χ0) is 12.7. The average Bonchev–Trinajstić information content (AvgIpc) is 2.38. The van der Waals surface area contributed by atoms with Crippen LogP contribution in [0, 0.1) is 0 Å². The molecule has 0 saturated carbocycles. The molecule has 90 valence electrons. The summed E-state index contributed by atoms with van der Waals surface area (Å²) >= 11 is 0. The first-order valence-electron chi connectivity index (χ1n) is 4.81. The lowest BCUT2D eigenvalue weighted by atomic mass is 10.3. The number of esters is 2. The molecule has 0 unspecified atom stereocenters. The summed E-state index contributed by atoms with van der Waals surface area (Å²) in [6, 6.07) is 0. The summed E-state index contributed by atoms with van der Waals surface area (Å²) in [5.74, 6) is -0.916. The molecule has 0 aliphatic carbocycles. The molecule has 1 aromatic heterocycles. The van der Waals surface area contributed by atoms with E-state index < -0.39 is 5.97 Å². The van der Waals surface area contributed by atoms with E-state index in [1.807, 2.05) is 0 Å². The molecule has 0 aliphatic rings. The first-order chi connectivity index (χ1) is 8.17. The second-order valence-corrected chi connectivity index (χ2v) is 3.01. The average molecular weight is 236 g/mol. The minimum atomic E-state index is -0.588. The minimum absolute atomic E-state index is 0.00221. The Labute approximate surface area is 98.3 Å². The summed E-state index contributed by atoms with van der Waals surface area (Å²) in [7, 11) is 2.58. The fraction of sp³-hybridized carbons (Fsp3) is 0.273. The maximum Gasteiger partial charge on any atom is 0.376 e. The van der Waals surface area contributed by atoms with E-state index in [9.17, 15) is 9.59 Å². The Morgan fingerprint density at radius 1 is 1.24 bits per heavy atom. The fourth-order valence-electron chi connectivity index (χ4n) is 0.995. The van der Waals surface area contributed by atoms with Crippen LogP contribution in [-0.2, 0) is 14.3 Å². The third-order valence-electron chi connectivity index (χ3n) is 1.86. The van der Waals surface area contributed by atoms with Gasteiger partial charge in [0.25, 0.3) is 0 Å². The van der Waals surface area contributed by atoms with Gasteiger partial charge in [-0.2, -0.15) is 0 Å². The van der Waals surface area contributed by atoms with E-state index in [1.165, 1.54) is 26.6 Å². The van der Waals surface area contributed by atoms with Crippen molar-refractivity contribution in [1.29, 1.82) is 0 Å². The number of nitrogens with zero attached hydrogens (tertiary/aromatic N) is 2. The van der Waals surface area contributed by atoms with E-state index in [2.05, 4.69) is 19.4 Å². The van der Waals surface area contributed by atoms with Gasteiger partial charge in [0.2, 0.25) is 5.82 Å². The molecular weight excluding hydrogens is 224 g/mol. The number of aromatic nitrogens is 2. The van der Waals surface area contributed by atoms with Gasteiger partial charge in [-0.3, -0.25) is 4.79 Å². The van der Waals surface area contributed by atoms with Crippen molar-refractivity contribution in [2.24, 2.45) is 0 Å². The Bertz CT molecular complexity index is 426. The SMILES string of the molecule is COC(=O)CC=Cc1cnc(C(=O)OC)nc1. The predicted molar refractivity (Wildman–Crippen MR) is 59.0 cm³/mol. The maximum atomic E-state index is 11.0. The lowest BCUT2D eigenvalue weighted by molar-refractivity contribution is -0.139. The Morgan fingerprint density at radius 2 is 1.88 bits per heavy atom. The van der Waals surface area contributed by atoms with Crippen LogP contribution in [0.3, 0.4) is 0 Å². The minimum Gasteiger partial charge on any atom is -0.469 e. The van der Waals surface area contributed by atoms with Crippen LogP contribution < -0.4 is 0 Å². The molecule has 0 fully saturated rings. The zero-order valence-corrected chi connectivity index (χ0v) is 9.54. The summed E-state index contributed by atoms with van der Waals surface area (Å²) in [6.07, 6.45) is 6.40. The van der Waals surface area contributed by atoms with Gasteiger partial charge in [-0.15, -0.1) is 0 Å². The van der Waals surface area contributed by atoms with E-state index in [0.717, 1.165) is 0 Å². The second-order valence-electron chi connectivity index (χ2n) is 3.01. The van der Waals surface area contributed by atoms with Gasteiger partial charge in [-0.1, -0.05) is 12.2 Å². The molecule has 6 nitrogen and oxygen atoms in total. The van der Waals surface area contributed by atoms with E-state index in [0.29, 0.717) is 5.56 Å². The molecule has 0 bridgehead atoms. The van der Waals surface area contributed by atoms with Crippen molar-refractivity contribution in [3.8, 4) is 0 Å². The Kier molecular flexibility index (Phi) is 4.80. The highest BCUT2D eigenvalue weighted by molar-refractivity contribution is 5.84. The van der Waals surface area contributed by atoms with Crippen molar-refractivity contribution in [1.82, 2.24) is 9.97 Å². The molecule has 0 atom stereocenters. The van der Waals surface area contributed by atoms with Crippen molar-refractivity contribution >= 4 is 18.0 Å². The molecule has 17 heavy (non-hydrogen) atoms. The molecule has 0 radical (unpaired) electrons. The normalized spacial score (nSPS) is 10.2. The van der Waals surface area contributed by atoms with Crippen LogP contribution in [0.15, 0.2) is 18.5 Å². The van der Waals surface area contributed by atoms with Gasteiger partial charge in [0.05, 0.1) is 20.6 Å². The van der Waals surface area contributed by atoms with Crippen LogP contribution in [0.4, 0.5) is 0 Å². The summed E-state index contributed by atoms with van der Waals surface area (Å²) in [4.78, 5) is 29.5. The third kappa shape index (κ3) is 4.02. The summed E-state index contributed by atoms with van der Waals surface area (Å²) < 4.78 is 8.93. The van der Waals surface area contributed by atoms with E-state index in [1.54, 1.807) is 12.2 Å². The quantitative estimate of drug-likeness (QED) is 0.721. The van der Waals surface area contributed by atoms with Crippen molar-refractivity contribution in [3.05, 3.63) is 29.9 Å². The van der Waals surface area contributed by atoms with E-state index in [4.69, 9.17) is 0 Å². The number of ether oxygens (including phenoxy) is 2. The summed E-state index contributed by atoms with van der Waals surface area (Å²) in [5, 5.41) is 0. The molecule has 1 aromatic rings. The number of carbonyl (C=O) groups is 2. The highest BCUT2D eigenvalue weighted by Crippen LogP contribution is 2.01. The van der Waals surface area contributed by atoms with E-state index in [-0.39, 0.29) is 18.2 Å². The summed E-state index contributed by atoms with van der Waals surface area (Å²) in [6.45, 7) is 0. The molecular formula is C11H12N2O4. The topological polar surface area (TPSA) is 78.4 Å². The molecule has 0 spiro atoms. The lowest BCUT2D eigenvalue weighted by Gasteiger charge is -1.97. The molecule has 6 heteroatoms. The molecule has 0 N–H and O–H groups in total. The Hall–Kier alpha value is -2.24. The van der Waals surface area contributed by atoms with Gasteiger partial charge < -0.3 is 9.47 Å². The van der Waals surface area contributed by atoms with E-state index >= 15 is 0 Å². The predicted octanol–water partition coefficient (Wildman–Crippen LogP) is 0.839. The van der Waals surface area contributed by atoms with Crippen LogP contribution in [0.1, 0.15) is 22.6 Å². The zero-order valence-electron chi connectivity index (χ0n) is 9.54. The van der Waals surface area contributed by atoms with Gasteiger partial charge >= 0.3 is 11.9 Å². The third-order valence-corrected chi connectivity index (χ3v) is 1.86. The first kappa shape index (κ1) is 12.8. The Morgan fingerprint density at radius 3 is 2.41 bits per heavy atom. The van der Waals surface area contributed by atoms with Crippen molar-refractivity contribution in [2.75, 3.05) is 14.2 Å². The maximum absolute atomic E-state index is 11.0. The highest BCUT2D eigenvalue weighted by atomic mass is 16.5. The summed E-state index contributed by atoms with van der Waals surface area (Å²) in [5.41, 5.74) is 0.682. The van der Waals surface area contributed by atoms with Crippen molar-refractivity contribution < 1.29 is 19.1 Å². The first-order valence-corrected chi connectivity index (χ1v) is 4.81. The van der Waals surface area contributed by atoms with Crippen molar-refractivity contribution in [3.63, 3.8) is 0 Å². The van der Waals surface area contributed by atoms with Gasteiger partial charge in [0.1, 0.15) is 0 Å². The molecule has 1 heterocycles. The second kappa shape index (κ2) is 6.37. The number of hydrogen-bond acceptors (Lipinski definition) is 6. The van der Waals surface area contributed by atoms with Gasteiger partial charge in [0, 0.05) is 18.0 Å². The lowest BCUT2D eigenvalue weighted by Crippen LogP contribution is -2.06. The van der Waals surface area contributed by atoms with Crippen LogP contribution in [0.5, 0.6) is 0 Å². The Balaban J connectivity index is 2.62. The highest BCUT2D eigenvalue weighted by Gasteiger charge is 2.07. The number of hydrogen-bond donors (Lipinski definition) is 0. The molecule has 0 aliphatic heterocycles. The molecule has 0 amide bonds. The molecule has 1 rings (SSSR count). The number of carbonyl (C=O) groups excluding carboxylic acids is 2. The van der Waals surface area contributed by atoms with Crippen LogP contribution >= 0.6 is 0 Å². The smallest absolute Gasteiger partial charge is 0.376 e. The monoisotopic (exact) mass is 236 g/mol. The molecule has 0 aromatic carbocycles. The number of rotatable bonds is 4.